The lowest BCUT2D eigenvalue weighted by atomic mass is 9.96. The molecule has 6 heteroatoms. The number of nitrogens with zero attached hydrogens (tertiary/aromatic N) is 4. The molecule has 5 rings (SSSR count). The maximum absolute atomic E-state index is 12.0. The molecule has 1 unspecified atom stereocenters. The molecule has 3 heterocycles. The lowest BCUT2D eigenvalue weighted by Gasteiger charge is -2.20. The van der Waals surface area contributed by atoms with Crippen LogP contribution in [0.4, 0.5) is 0 Å². The first-order valence-electron chi connectivity index (χ1n) is 9.85. The molecule has 1 aliphatic carbocycles. The summed E-state index contributed by atoms with van der Waals surface area (Å²) in [5.41, 5.74) is 4.60. The van der Waals surface area contributed by atoms with Crippen LogP contribution in [0.3, 0.4) is 0 Å². The Morgan fingerprint density at radius 3 is 2.62 bits per heavy atom. The number of rotatable bonds is 4. The van der Waals surface area contributed by atoms with Crippen molar-refractivity contribution in [3.63, 3.8) is 0 Å². The number of ether oxygens (including phenoxy) is 1. The Morgan fingerprint density at radius 2 is 1.83 bits per heavy atom. The van der Waals surface area contributed by atoms with Gasteiger partial charge in [-0.1, -0.05) is 30.3 Å². The van der Waals surface area contributed by atoms with Crippen molar-refractivity contribution in [3.8, 4) is 28.4 Å². The maximum Gasteiger partial charge on any atom is 0.234 e. The molecule has 1 fully saturated rings. The normalized spacial score (nSPS) is 16.8. The predicted octanol–water partition coefficient (Wildman–Crippen LogP) is 4.35. The molecule has 1 aliphatic rings. The molecule has 0 saturated heterocycles. The van der Waals surface area contributed by atoms with Crippen LogP contribution in [0.1, 0.15) is 25.7 Å². The lowest BCUT2D eigenvalue weighted by molar-refractivity contribution is -0.127. The van der Waals surface area contributed by atoms with Gasteiger partial charge in [-0.05, 0) is 43.5 Å². The summed E-state index contributed by atoms with van der Waals surface area (Å²) < 4.78 is 7.62. The quantitative estimate of drug-likeness (QED) is 0.523. The van der Waals surface area contributed by atoms with Crippen LogP contribution in [-0.2, 0) is 4.79 Å². The average molecular weight is 384 g/mol. The van der Waals surface area contributed by atoms with Gasteiger partial charge < -0.3 is 4.74 Å². The number of carbonyl (C=O) groups excluding carboxylic acids is 1. The molecule has 0 amide bonds. The van der Waals surface area contributed by atoms with E-state index in [-0.39, 0.29) is 5.78 Å². The number of aromatic nitrogens is 4. The first-order chi connectivity index (χ1) is 14.3. The van der Waals surface area contributed by atoms with Crippen molar-refractivity contribution in [2.24, 2.45) is 0 Å². The average Bonchev–Trinajstić information content (AvgIpc) is 3.21. The first kappa shape index (κ1) is 17.6. The summed E-state index contributed by atoms with van der Waals surface area (Å²) >= 11 is 0. The van der Waals surface area contributed by atoms with Crippen molar-refractivity contribution in [1.82, 2.24) is 19.8 Å². The zero-order valence-electron chi connectivity index (χ0n) is 15.9. The van der Waals surface area contributed by atoms with Gasteiger partial charge in [0.25, 0.3) is 0 Å². The van der Waals surface area contributed by atoms with Crippen LogP contribution in [0, 0.1) is 0 Å². The van der Waals surface area contributed by atoms with Gasteiger partial charge in [0.1, 0.15) is 0 Å². The molecule has 0 N–H and O–H groups in total. The van der Waals surface area contributed by atoms with Gasteiger partial charge in [0.15, 0.2) is 11.9 Å². The van der Waals surface area contributed by atoms with Crippen molar-refractivity contribution in [2.45, 2.75) is 31.8 Å². The van der Waals surface area contributed by atoms with Crippen LogP contribution >= 0.6 is 0 Å². The largest absolute Gasteiger partial charge is 0.465 e. The maximum atomic E-state index is 12.0. The van der Waals surface area contributed by atoms with Crippen LogP contribution in [-0.4, -0.2) is 31.7 Å². The summed E-state index contributed by atoms with van der Waals surface area (Å²) in [6.07, 6.45) is 4.82. The monoisotopic (exact) mass is 384 g/mol. The fourth-order valence-corrected chi connectivity index (χ4v) is 3.73. The van der Waals surface area contributed by atoms with E-state index in [1.54, 1.807) is 6.07 Å². The molecular weight excluding hydrogens is 364 g/mol. The van der Waals surface area contributed by atoms with E-state index in [1.807, 2.05) is 59.2 Å². The van der Waals surface area contributed by atoms with E-state index in [9.17, 15) is 4.79 Å². The zero-order valence-corrected chi connectivity index (χ0v) is 15.9. The van der Waals surface area contributed by atoms with Gasteiger partial charge in [-0.15, -0.1) is 10.2 Å². The molecule has 0 bridgehead atoms. The third-order valence-corrected chi connectivity index (χ3v) is 5.25. The van der Waals surface area contributed by atoms with Crippen molar-refractivity contribution < 1.29 is 9.53 Å². The number of ketones is 1. The fraction of sp³-hybridized carbons (Fsp3) is 0.217. The number of pyridine rings is 1. The highest BCUT2D eigenvalue weighted by Gasteiger charge is 2.24. The highest BCUT2D eigenvalue weighted by Crippen LogP contribution is 2.28. The van der Waals surface area contributed by atoms with Gasteiger partial charge in [0.2, 0.25) is 5.88 Å². The molecule has 0 spiro atoms. The fourth-order valence-electron chi connectivity index (χ4n) is 3.73. The van der Waals surface area contributed by atoms with E-state index in [4.69, 9.17) is 4.74 Å². The van der Waals surface area contributed by atoms with Gasteiger partial charge >= 0.3 is 0 Å². The van der Waals surface area contributed by atoms with Crippen LogP contribution in [0.25, 0.3) is 28.0 Å². The van der Waals surface area contributed by atoms with E-state index in [0.29, 0.717) is 12.3 Å². The van der Waals surface area contributed by atoms with E-state index < -0.39 is 6.10 Å². The van der Waals surface area contributed by atoms with Crippen molar-refractivity contribution in [3.05, 3.63) is 66.9 Å². The number of fused-ring (bicyclic) bond motifs is 1. The van der Waals surface area contributed by atoms with E-state index in [1.165, 1.54) is 0 Å². The summed E-state index contributed by atoms with van der Waals surface area (Å²) in [6, 6.07) is 19.7. The number of benzene rings is 1. The second kappa shape index (κ2) is 7.47. The minimum absolute atomic E-state index is 0.152. The highest BCUT2D eigenvalue weighted by molar-refractivity contribution is 5.84. The Balaban J connectivity index is 1.44. The van der Waals surface area contributed by atoms with Gasteiger partial charge in [0, 0.05) is 29.8 Å². The van der Waals surface area contributed by atoms with Gasteiger partial charge in [-0.2, -0.15) is 5.10 Å². The summed E-state index contributed by atoms with van der Waals surface area (Å²) in [7, 11) is 0. The van der Waals surface area contributed by atoms with Crippen LogP contribution in [0.2, 0.25) is 0 Å². The molecule has 0 aliphatic heterocycles. The van der Waals surface area contributed by atoms with Crippen LogP contribution in [0.5, 0.6) is 5.88 Å². The summed E-state index contributed by atoms with van der Waals surface area (Å²) in [4.78, 5) is 12.0. The van der Waals surface area contributed by atoms with E-state index in [2.05, 4.69) is 21.4 Å². The number of Topliss-reactive ketones (excluding diaryl/α,β-unsaturated/α-hetero) is 1. The summed E-state index contributed by atoms with van der Waals surface area (Å²) in [6.45, 7) is 0. The molecule has 1 atom stereocenters. The highest BCUT2D eigenvalue weighted by atomic mass is 16.5. The summed E-state index contributed by atoms with van der Waals surface area (Å²) in [5, 5.41) is 13.2. The molecule has 144 valence electrons. The topological polar surface area (TPSA) is 69.4 Å². The van der Waals surface area contributed by atoms with E-state index in [0.717, 1.165) is 47.3 Å². The molecule has 0 radical (unpaired) electrons. The van der Waals surface area contributed by atoms with Gasteiger partial charge in [-0.3, -0.25) is 4.79 Å². The third-order valence-electron chi connectivity index (χ3n) is 5.25. The predicted molar refractivity (Wildman–Crippen MR) is 110 cm³/mol. The molecule has 29 heavy (non-hydrogen) atoms. The molecule has 4 aromatic rings. The minimum atomic E-state index is -0.393. The smallest absolute Gasteiger partial charge is 0.234 e. The van der Waals surface area contributed by atoms with Crippen LogP contribution in [0.15, 0.2) is 66.9 Å². The Labute approximate surface area is 168 Å². The Hall–Kier alpha value is -3.54. The second-order valence-corrected chi connectivity index (χ2v) is 7.22. The first-order valence-corrected chi connectivity index (χ1v) is 9.85. The minimum Gasteiger partial charge on any atom is -0.465 e. The van der Waals surface area contributed by atoms with Crippen molar-refractivity contribution in [2.75, 3.05) is 0 Å². The van der Waals surface area contributed by atoms with Crippen molar-refractivity contribution >= 4 is 11.3 Å². The Morgan fingerprint density at radius 1 is 0.931 bits per heavy atom. The SMILES string of the molecule is O=C1CCCCC1Oc1ccc(-c2cccn3nc(-c4ccccc4)cc23)nn1. The molecule has 6 nitrogen and oxygen atoms in total. The summed E-state index contributed by atoms with van der Waals surface area (Å²) in [5.74, 6) is 0.541. The van der Waals surface area contributed by atoms with E-state index >= 15 is 0 Å². The van der Waals surface area contributed by atoms with Crippen LogP contribution < -0.4 is 4.74 Å². The molecular formula is C23H20N4O2. The van der Waals surface area contributed by atoms with Crippen molar-refractivity contribution in [1.29, 1.82) is 0 Å². The second-order valence-electron chi connectivity index (χ2n) is 7.22. The molecule has 1 saturated carbocycles. The number of hydrogen-bond donors (Lipinski definition) is 0. The standard InChI is InChI=1S/C23H20N4O2/c28-21-10-4-5-11-22(21)29-23-13-12-18(24-25-23)17-9-6-14-27-20(17)15-19(26-27)16-7-2-1-3-8-16/h1-3,6-9,12-15,22H,4-5,10-11H2. The van der Waals surface area contributed by atoms with Gasteiger partial charge in [0.05, 0.1) is 16.9 Å². The van der Waals surface area contributed by atoms with Gasteiger partial charge in [-0.25, -0.2) is 4.52 Å². The lowest BCUT2D eigenvalue weighted by Crippen LogP contribution is -2.30. The number of hydrogen-bond acceptors (Lipinski definition) is 5. The Kier molecular flexibility index (Phi) is 4.52. The third kappa shape index (κ3) is 3.49. The molecule has 3 aromatic heterocycles. The number of carbonyl (C=O) groups is 1. The Bertz CT molecular complexity index is 1150. The molecule has 1 aromatic carbocycles. The zero-order chi connectivity index (χ0) is 19.6.